The van der Waals surface area contributed by atoms with Crippen LogP contribution in [0.25, 0.3) is 0 Å². The number of hydrogen-bond donors (Lipinski definition) is 3. The number of benzene rings is 1. The molecule has 10 heteroatoms. The lowest BCUT2D eigenvalue weighted by Crippen LogP contribution is -2.58. The highest BCUT2D eigenvalue weighted by molar-refractivity contribution is 6.28. The van der Waals surface area contributed by atoms with Gasteiger partial charge < -0.3 is 5.32 Å². The summed E-state index contributed by atoms with van der Waals surface area (Å²) in [6.45, 7) is 0. The number of non-ortho nitro benzene ring substituents is 1. The quantitative estimate of drug-likeness (QED) is 0.389. The first kappa shape index (κ1) is 14.1. The smallest absolute Gasteiger partial charge is 0.325 e. The van der Waals surface area contributed by atoms with Gasteiger partial charge in [0.15, 0.2) is 5.92 Å². The van der Waals surface area contributed by atoms with Crippen LogP contribution in [-0.2, 0) is 14.4 Å². The van der Waals surface area contributed by atoms with E-state index in [1.54, 1.807) is 10.6 Å². The summed E-state index contributed by atoms with van der Waals surface area (Å²) in [4.78, 5) is 55.4. The van der Waals surface area contributed by atoms with Crippen LogP contribution in [0.5, 0.6) is 0 Å². The fourth-order valence-corrected chi connectivity index (χ4v) is 1.64. The van der Waals surface area contributed by atoms with Crippen LogP contribution in [0.2, 0.25) is 0 Å². The van der Waals surface area contributed by atoms with Crippen LogP contribution < -0.4 is 16.0 Å². The minimum absolute atomic E-state index is 0.170. The fraction of sp³-hybridized carbons (Fsp3) is 0.0909. The van der Waals surface area contributed by atoms with E-state index in [0.29, 0.717) is 0 Å². The van der Waals surface area contributed by atoms with E-state index in [1.807, 2.05) is 0 Å². The molecule has 0 atom stereocenters. The number of nitrogens with zero attached hydrogens (tertiary/aromatic N) is 1. The van der Waals surface area contributed by atoms with E-state index < -0.39 is 34.6 Å². The largest absolute Gasteiger partial charge is 0.328 e. The molecule has 5 amide bonds. The number of barbiturate groups is 1. The number of nitro groups is 1. The third kappa shape index (κ3) is 3.00. The number of amides is 5. The van der Waals surface area contributed by atoms with Gasteiger partial charge in [0.1, 0.15) is 0 Å². The maximum absolute atomic E-state index is 11.8. The van der Waals surface area contributed by atoms with Crippen LogP contribution in [0, 0.1) is 16.0 Å². The van der Waals surface area contributed by atoms with Crippen molar-refractivity contribution in [3.8, 4) is 0 Å². The highest BCUT2D eigenvalue weighted by Gasteiger charge is 2.39. The molecule has 2 rings (SSSR count). The van der Waals surface area contributed by atoms with Crippen LogP contribution in [0.4, 0.5) is 16.2 Å². The minimum atomic E-state index is -1.71. The SMILES string of the molecule is O=C1NC(=O)C(C(=O)Nc2ccc([N+](=O)[O-])cc2)C(=O)N1. The number of nitro benzene ring substituents is 1. The van der Waals surface area contributed by atoms with Crippen molar-refractivity contribution in [1.82, 2.24) is 10.6 Å². The van der Waals surface area contributed by atoms with Gasteiger partial charge in [0.05, 0.1) is 4.92 Å². The third-order valence-electron chi connectivity index (χ3n) is 2.61. The van der Waals surface area contributed by atoms with E-state index >= 15 is 0 Å². The second kappa shape index (κ2) is 5.36. The molecule has 1 aliphatic rings. The zero-order chi connectivity index (χ0) is 15.6. The molecule has 0 saturated carbocycles. The molecule has 0 aromatic heterocycles. The molecular formula is C11H8N4O6. The van der Waals surface area contributed by atoms with Crippen LogP contribution in [0.15, 0.2) is 24.3 Å². The van der Waals surface area contributed by atoms with E-state index in [9.17, 15) is 29.3 Å². The predicted octanol–water partition coefficient (Wildman–Crippen LogP) is -0.485. The van der Waals surface area contributed by atoms with E-state index in [-0.39, 0.29) is 11.4 Å². The number of carbonyl (C=O) groups is 4. The number of imide groups is 2. The summed E-state index contributed by atoms with van der Waals surface area (Å²) in [5.74, 6) is -4.74. The van der Waals surface area contributed by atoms with E-state index in [2.05, 4.69) is 5.32 Å². The Bertz CT molecular complexity index is 633. The molecule has 1 saturated heterocycles. The average Bonchev–Trinajstić information content (AvgIpc) is 2.37. The Morgan fingerprint density at radius 1 is 1.10 bits per heavy atom. The maximum Gasteiger partial charge on any atom is 0.328 e. The summed E-state index contributed by atoms with van der Waals surface area (Å²) in [6, 6.07) is 3.81. The topological polar surface area (TPSA) is 148 Å². The third-order valence-corrected chi connectivity index (χ3v) is 2.61. The Balaban J connectivity index is 2.10. The highest BCUT2D eigenvalue weighted by atomic mass is 16.6. The number of anilines is 1. The van der Waals surface area contributed by atoms with E-state index in [0.717, 1.165) is 12.1 Å². The summed E-state index contributed by atoms with van der Waals surface area (Å²) >= 11 is 0. The molecule has 0 aliphatic carbocycles. The van der Waals surface area contributed by atoms with Crippen LogP contribution >= 0.6 is 0 Å². The molecule has 1 aromatic carbocycles. The number of hydrogen-bond acceptors (Lipinski definition) is 6. The Kier molecular flexibility index (Phi) is 3.61. The zero-order valence-electron chi connectivity index (χ0n) is 10.3. The van der Waals surface area contributed by atoms with Gasteiger partial charge in [0, 0.05) is 17.8 Å². The molecule has 3 N–H and O–H groups in total. The first-order valence-corrected chi connectivity index (χ1v) is 5.59. The van der Waals surface area contributed by atoms with Crippen molar-refractivity contribution in [2.24, 2.45) is 5.92 Å². The van der Waals surface area contributed by atoms with Crippen LogP contribution in [-0.4, -0.2) is 28.7 Å². The second-order valence-corrected chi connectivity index (χ2v) is 4.03. The Hall–Kier alpha value is -3.30. The maximum atomic E-state index is 11.8. The molecule has 0 bridgehead atoms. The Morgan fingerprint density at radius 3 is 2.10 bits per heavy atom. The van der Waals surface area contributed by atoms with Gasteiger partial charge in [-0.15, -0.1) is 0 Å². The van der Waals surface area contributed by atoms with Gasteiger partial charge in [-0.2, -0.15) is 0 Å². The van der Waals surface area contributed by atoms with Crippen molar-refractivity contribution in [1.29, 1.82) is 0 Å². The predicted molar refractivity (Wildman–Crippen MR) is 66.9 cm³/mol. The summed E-state index contributed by atoms with van der Waals surface area (Å²) in [5.41, 5.74) is -0.00477. The number of nitrogens with one attached hydrogen (secondary N) is 3. The summed E-state index contributed by atoms with van der Waals surface area (Å²) in [5, 5.41) is 16.3. The molecule has 0 radical (unpaired) electrons. The first-order valence-electron chi connectivity index (χ1n) is 5.59. The minimum Gasteiger partial charge on any atom is -0.325 e. The number of rotatable bonds is 3. The first-order chi connectivity index (χ1) is 9.88. The normalized spacial score (nSPS) is 15.1. The van der Waals surface area contributed by atoms with Crippen molar-refractivity contribution < 1.29 is 24.1 Å². The highest BCUT2D eigenvalue weighted by Crippen LogP contribution is 2.16. The van der Waals surface area contributed by atoms with Gasteiger partial charge in [-0.3, -0.25) is 35.1 Å². The molecule has 1 aromatic rings. The van der Waals surface area contributed by atoms with Crippen molar-refractivity contribution in [3.05, 3.63) is 34.4 Å². The van der Waals surface area contributed by atoms with Crippen molar-refractivity contribution >= 4 is 35.1 Å². The number of carbonyl (C=O) groups excluding carboxylic acids is 4. The van der Waals surface area contributed by atoms with Gasteiger partial charge in [-0.25, -0.2) is 4.79 Å². The molecule has 1 fully saturated rings. The summed E-state index contributed by atoms with van der Waals surface area (Å²) < 4.78 is 0. The Labute approximate surface area is 116 Å². The molecular weight excluding hydrogens is 284 g/mol. The van der Waals surface area contributed by atoms with Crippen molar-refractivity contribution in [2.75, 3.05) is 5.32 Å². The lowest BCUT2D eigenvalue weighted by molar-refractivity contribution is -0.384. The van der Waals surface area contributed by atoms with Crippen LogP contribution in [0.3, 0.4) is 0 Å². The summed E-state index contributed by atoms with van der Waals surface area (Å²) in [6.07, 6.45) is 0. The van der Waals surface area contributed by atoms with Crippen LogP contribution in [0.1, 0.15) is 0 Å². The van der Waals surface area contributed by atoms with Gasteiger partial charge in [0.25, 0.3) is 5.69 Å². The lowest BCUT2D eigenvalue weighted by Gasteiger charge is -2.19. The molecule has 0 unspecified atom stereocenters. The second-order valence-electron chi connectivity index (χ2n) is 4.03. The zero-order valence-corrected chi connectivity index (χ0v) is 10.3. The van der Waals surface area contributed by atoms with E-state index in [1.165, 1.54) is 12.1 Å². The molecule has 1 heterocycles. The average molecular weight is 292 g/mol. The van der Waals surface area contributed by atoms with E-state index in [4.69, 9.17) is 0 Å². The molecule has 10 nitrogen and oxygen atoms in total. The molecule has 1 aliphatic heterocycles. The standard InChI is InChI=1S/C11H8N4O6/c16-8(7-9(17)13-11(19)14-10(7)18)12-5-1-3-6(4-2-5)15(20)21/h1-4,7H,(H,12,16)(H2,13,14,17,18,19). The Morgan fingerprint density at radius 2 is 1.62 bits per heavy atom. The molecule has 21 heavy (non-hydrogen) atoms. The lowest BCUT2D eigenvalue weighted by atomic mass is 10.1. The number of urea groups is 1. The van der Waals surface area contributed by atoms with Gasteiger partial charge >= 0.3 is 6.03 Å². The fourth-order valence-electron chi connectivity index (χ4n) is 1.64. The monoisotopic (exact) mass is 292 g/mol. The van der Waals surface area contributed by atoms with Gasteiger partial charge in [-0.05, 0) is 12.1 Å². The summed E-state index contributed by atoms with van der Waals surface area (Å²) in [7, 11) is 0. The molecule has 108 valence electrons. The van der Waals surface area contributed by atoms with Crippen molar-refractivity contribution in [2.45, 2.75) is 0 Å². The molecule has 0 spiro atoms. The van der Waals surface area contributed by atoms with Gasteiger partial charge in [-0.1, -0.05) is 0 Å². The van der Waals surface area contributed by atoms with Gasteiger partial charge in [0.2, 0.25) is 17.7 Å². The van der Waals surface area contributed by atoms with Crippen molar-refractivity contribution in [3.63, 3.8) is 0 Å².